The smallest absolute Gasteiger partial charge is 0.224 e. The first-order chi connectivity index (χ1) is 15.5. The number of hydrogen-bond acceptors (Lipinski definition) is 8. The molecule has 9 heteroatoms. The Morgan fingerprint density at radius 3 is 2.84 bits per heavy atom. The number of aliphatic hydroxyl groups excluding tert-OH is 1. The summed E-state index contributed by atoms with van der Waals surface area (Å²) in [4.78, 5) is 9.04. The highest BCUT2D eigenvalue weighted by Gasteiger charge is 2.33. The highest BCUT2D eigenvalue weighted by molar-refractivity contribution is 5.86. The Morgan fingerprint density at radius 2 is 2.06 bits per heavy atom. The molecule has 2 aromatic heterocycles. The normalized spacial score (nSPS) is 25.2. The average molecular weight is 440 g/mol. The number of rotatable bonds is 6. The van der Waals surface area contributed by atoms with Gasteiger partial charge in [-0.25, -0.2) is 9.67 Å². The highest BCUT2D eigenvalue weighted by Crippen LogP contribution is 2.29. The lowest BCUT2D eigenvalue weighted by Gasteiger charge is -2.26. The van der Waals surface area contributed by atoms with Crippen LogP contribution in [-0.2, 0) is 9.47 Å². The van der Waals surface area contributed by atoms with Crippen molar-refractivity contribution in [3.05, 3.63) is 36.7 Å². The van der Waals surface area contributed by atoms with Crippen LogP contribution in [0.4, 0.5) is 5.95 Å². The van der Waals surface area contributed by atoms with E-state index in [-0.39, 0.29) is 18.2 Å². The number of nitrogens with one attached hydrogen (secondary N) is 1. The Hall–Kier alpha value is -2.75. The van der Waals surface area contributed by atoms with Gasteiger partial charge in [-0.15, -0.1) is 0 Å². The zero-order valence-corrected chi connectivity index (χ0v) is 18.4. The van der Waals surface area contributed by atoms with Crippen LogP contribution in [0.3, 0.4) is 0 Å². The molecule has 0 unspecified atom stereocenters. The number of hydrogen-bond donors (Lipinski definition) is 2. The van der Waals surface area contributed by atoms with Gasteiger partial charge in [-0.1, -0.05) is 6.07 Å². The summed E-state index contributed by atoms with van der Waals surface area (Å²) in [5.74, 6) is 1.43. The maximum atomic E-state index is 9.71. The minimum Gasteiger partial charge on any atom is -0.490 e. The minimum absolute atomic E-state index is 0.105. The fourth-order valence-corrected chi connectivity index (χ4v) is 4.30. The van der Waals surface area contributed by atoms with E-state index < -0.39 is 5.79 Å². The molecule has 1 aliphatic carbocycles. The number of nitrogens with zero attached hydrogens (tertiary/aromatic N) is 4. The standard InChI is InChI=1S/C23H29N5O4/c1-23(2)31-14-17(32-23)13-30-20-5-3-4-19-18(20)12-25-28(19)21-10-11-24-22(27-21)26-15-6-8-16(29)9-7-15/h3-5,10-12,15-17,29H,6-9,13-14H2,1-2H3,(H,24,26,27)/t15-,16-,17-/m1/s1. The largest absolute Gasteiger partial charge is 0.490 e. The Balaban J connectivity index is 1.32. The van der Waals surface area contributed by atoms with Crippen LogP contribution in [0.2, 0.25) is 0 Å². The molecule has 0 spiro atoms. The summed E-state index contributed by atoms with van der Waals surface area (Å²) in [5, 5.41) is 18.6. The minimum atomic E-state index is -0.568. The molecule has 1 saturated carbocycles. The third-order valence-electron chi connectivity index (χ3n) is 5.95. The van der Waals surface area contributed by atoms with Crippen LogP contribution in [0.1, 0.15) is 39.5 Å². The molecule has 5 rings (SSSR count). The molecule has 1 atom stereocenters. The molecule has 3 aromatic rings. The van der Waals surface area contributed by atoms with Gasteiger partial charge in [0.1, 0.15) is 18.5 Å². The van der Waals surface area contributed by atoms with Crippen LogP contribution in [0.15, 0.2) is 36.7 Å². The molecular weight excluding hydrogens is 410 g/mol. The Labute approximate surface area is 186 Å². The quantitative estimate of drug-likeness (QED) is 0.604. The second kappa shape index (κ2) is 8.65. The molecule has 2 N–H and O–H groups in total. The number of fused-ring (bicyclic) bond motifs is 1. The molecule has 0 amide bonds. The van der Waals surface area contributed by atoms with Crippen molar-refractivity contribution < 1.29 is 19.3 Å². The van der Waals surface area contributed by atoms with Gasteiger partial charge in [0.15, 0.2) is 11.6 Å². The lowest BCUT2D eigenvalue weighted by molar-refractivity contribution is -0.141. The first kappa shape index (κ1) is 21.1. The van der Waals surface area contributed by atoms with E-state index in [1.165, 1.54) is 0 Å². The molecule has 1 aromatic carbocycles. The summed E-state index contributed by atoms with van der Waals surface area (Å²) in [5.41, 5.74) is 0.900. The van der Waals surface area contributed by atoms with Gasteiger partial charge < -0.3 is 24.6 Å². The van der Waals surface area contributed by atoms with Crippen molar-refractivity contribution in [3.63, 3.8) is 0 Å². The van der Waals surface area contributed by atoms with Crippen LogP contribution >= 0.6 is 0 Å². The maximum absolute atomic E-state index is 9.71. The summed E-state index contributed by atoms with van der Waals surface area (Å²) in [7, 11) is 0. The molecule has 9 nitrogen and oxygen atoms in total. The monoisotopic (exact) mass is 439 g/mol. The van der Waals surface area contributed by atoms with Gasteiger partial charge in [0.25, 0.3) is 0 Å². The highest BCUT2D eigenvalue weighted by atomic mass is 16.7. The van der Waals surface area contributed by atoms with Gasteiger partial charge >= 0.3 is 0 Å². The second-order valence-corrected chi connectivity index (χ2v) is 8.90. The van der Waals surface area contributed by atoms with Crippen LogP contribution in [-0.4, -0.2) is 62.1 Å². The van der Waals surface area contributed by atoms with Gasteiger partial charge in [0.05, 0.1) is 29.8 Å². The van der Waals surface area contributed by atoms with Crippen LogP contribution < -0.4 is 10.1 Å². The molecule has 32 heavy (non-hydrogen) atoms. The van der Waals surface area contributed by atoms with E-state index >= 15 is 0 Å². The van der Waals surface area contributed by atoms with Gasteiger partial charge in [-0.3, -0.25) is 0 Å². The van der Waals surface area contributed by atoms with E-state index in [0.29, 0.717) is 25.0 Å². The molecular formula is C23H29N5O4. The number of anilines is 1. The van der Waals surface area contributed by atoms with Crippen LogP contribution in [0.25, 0.3) is 16.7 Å². The molecule has 170 valence electrons. The van der Waals surface area contributed by atoms with Gasteiger partial charge in [-0.05, 0) is 51.7 Å². The summed E-state index contributed by atoms with van der Waals surface area (Å²) >= 11 is 0. The fraction of sp³-hybridized carbons (Fsp3) is 0.522. The van der Waals surface area contributed by atoms with Gasteiger partial charge in [0, 0.05) is 18.3 Å². The third kappa shape index (κ3) is 4.55. The molecule has 1 aliphatic heterocycles. The zero-order chi connectivity index (χ0) is 22.1. The van der Waals surface area contributed by atoms with Gasteiger partial charge in [-0.2, -0.15) is 10.1 Å². The Morgan fingerprint density at radius 1 is 1.22 bits per heavy atom. The molecule has 2 fully saturated rings. The molecule has 1 saturated heterocycles. The molecule has 0 radical (unpaired) electrons. The topological polar surface area (TPSA) is 104 Å². The van der Waals surface area contributed by atoms with Crippen molar-refractivity contribution in [1.82, 2.24) is 19.7 Å². The third-order valence-corrected chi connectivity index (χ3v) is 5.95. The van der Waals surface area contributed by atoms with Crippen LogP contribution in [0, 0.1) is 0 Å². The predicted molar refractivity (Wildman–Crippen MR) is 119 cm³/mol. The average Bonchev–Trinajstić information content (AvgIpc) is 3.37. The van der Waals surface area contributed by atoms with Crippen molar-refractivity contribution in [2.45, 2.75) is 63.6 Å². The fourth-order valence-electron chi connectivity index (χ4n) is 4.30. The number of ether oxygens (including phenoxy) is 3. The second-order valence-electron chi connectivity index (χ2n) is 8.90. The number of aromatic nitrogens is 4. The molecule has 3 heterocycles. The first-order valence-corrected chi connectivity index (χ1v) is 11.2. The van der Waals surface area contributed by atoms with Crippen molar-refractivity contribution >= 4 is 16.9 Å². The van der Waals surface area contributed by atoms with Crippen molar-refractivity contribution in [1.29, 1.82) is 0 Å². The molecule has 2 aliphatic rings. The van der Waals surface area contributed by atoms with E-state index in [9.17, 15) is 5.11 Å². The molecule has 0 bridgehead atoms. The van der Waals surface area contributed by atoms with Crippen molar-refractivity contribution in [2.75, 3.05) is 18.5 Å². The predicted octanol–water partition coefficient (Wildman–Crippen LogP) is 3.06. The van der Waals surface area contributed by atoms with Crippen molar-refractivity contribution in [3.8, 4) is 11.6 Å². The summed E-state index contributed by atoms with van der Waals surface area (Å²) in [6.45, 7) is 4.73. The van der Waals surface area contributed by atoms with Crippen molar-refractivity contribution in [2.24, 2.45) is 0 Å². The Bertz CT molecular complexity index is 1080. The summed E-state index contributed by atoms with van der Waals surface area (Å²) in [6.07, 6.45) is 6.66. The summed E-state index contributed by atoms with van der Waals surface area (Å²) in [6, 6.07) is 7.97. The van der Waals surface area contributed by atoms with E-state index in [1.807, 2.05) is 38.1 Å². The zero-order valence-electron chi connectivity index (χ0n) is 18.4. The number of aliphatic hydroxyl groups is 1. The first-order valence-electron chi connectivity index (χ1n) is 11.2. The lowest BCUT2D eigenvalue weighted by Crippen LogP contribution is -2.29. The number of benzene rings is 1. The van der Waals surface area contributed by atoms with Crippen LogP contribution in [0.5, 0.6) is 5.75 Å². The van der Waals surface area contributed by atoms with E-state index in [1.54, 1.807) is 17.1 Å². The van der Waals surface area contributed by atoms with E-state index in [0.717, 1.165) is 42.3 Å². The Kier molecular flexibility index (Phi) is 5.71. The van der Waals surface area contributed by atoms with E-state index in [4.69, 9.17) is 14.2 Å². The van der Waals surface area contributed by atoms with Gasteiger partial charge in [0.2, 0.25) is 5.95 Å². The van der Waals surface area contributed by atoms with E-state index in [2.05, 4.69) is 20.4 Å². The maximum Gasteiger partial charge on any atom is 0.224 e. The lowest BCUT2D eigenvalue weighted by atomic mass is 9.93. The SMILES string of the molecule is CC1(C)OC[C@@H](COc2cccc3c2cnn3-c2ccnc(N[C@H]3CC[C@H](O)CC3)n2)O1. The summed E-state index contributed by atoms with van der Waals surface area (Å²) < 4.78 is 19.3.